The molecule has 0 unspecified atom stereocenters. The average Bonchev–Trinajstić information content (AvgIpc) is 2.79. The normalized spacial score (nSPS) is 11.6. The first-order valence-electron chi connectivity index (χ1n) is 10.9. The molecule has 3 N–H and O–H groups in total. The number of benzene rings is 2. The monoisotopic (exact) mass is 488 g/mol. The van der Waals surface area contributed by atoms with Gasteiger partial charge in [0.15, 0.2) is 0 Å². The van der Waals surface area contributed by atoms with E-state index in [0.717, 1.165) is 22.2 Å². The Morgan fingerprint density at radius 2 is 1.82 bits per heavy atom. The van der Waals surface area contributed by atoms with Gasteiger partial charge in [-0.25, -0.2) is 13.1 Å². The molecule has 0 radical (unpaired) electrons. The molecular formula is C24H29ClN4O3S. The summed E-state index contributed by atoms with van der Waals surface area (Å²) in [6.45, 7) is 5.34. The van der Waals surface area contributed by atoms with Gasteiger partial charge in [-0.3, -0.25) is 9.78 Å². The molecule has 2 aromatic carbocycles. The Labute approximate surface area is 200 Å². The first-order chi connectivity index (χ1) is 15.7. The number of aromatic nitrogens is 1. The minimum Gasteiger partial charge on any atom is -0.383 e. The molecular weight excluding hydrogens is 460 g/mol. The van der Waals surface area contributed by atoms with Crippen LogP contribution < -0.4 is 15.4 Å². The summed E-state index contributed by atoms with van der Waals surface area (Å²) in [5, 5.41) is 7.82. The van der Waals surface area contributed by atoms with Crippen LogP contribution in [0.5, 0.6) is 0 Å². The van der Waals surface area contributed by atoms with Gasteiger partial charge in [0.25, 0.3) is 0 Å². The molecule has 9 heteroatoms. The highest BCUT2D eigenvalue weighted by atomic mass is 35.5. The Morgan fingerprint density at radius 3 is 2.55 bits per heavy atom. The number of carbonyl (C=O) groups is 1. The average molecular weight is 489 g/mol. The van der Waals surface area contributed by atoms with Gasteiger partial charge in [0.05, 0.1) is 10.4 Å². The number of hydrogen-bond acceptors (Lipinski definition) is 5. The van der Waals surface area contributed by atoms with E-state index < -0.39 is 10.0 Å². The van der Waals surface area contributed by atoms with Crippen LogP contribution in [0.2, 0.25) is 5.02 Å². The summed E-state index contributed by atoms with van der Waals surface area (Å²) >= 11 is 6.02. The summed E-state index contributed by atoms with van der Waals surface area (Å²) in [5.41, 5.74) is 2.66. The largest absolute Gasteiger partial charge is 0.383 e. The highest BCUT2D eigenvalue weighted by Crippen LogP contribution is 2.24. The van der Waals surface area contributed by atoms with E-state index in [-0.39, 0.29) is 16.7 Å². The molecule has 0 aliphatic rings. The van der Waals surface area contributed by atoms with Gasteiger partial charge in [-0.1, -0.05) is 37.6 Å². The quantitative estimate of drug-likeness (QED) is 0.354. The zero-order valence-corrected chi connectivity index (χ0v) is 20.3. The minimum absolute atomic E-state index is 0.0570. The maximum Gasteiger partial charge on any atom is 0.240 e. The van der Waals surface area contributed by atoms with E-state index in [1.165, 1.54) is 0 Å². The molecule has 3 aromatic rings. The number of amides is 1. The van der Waals surface area contributed by atoms with Gasteiger partial charge >= 0.3 is 0 Å². The first kappa shape index (κ1) is 25.0. The fourth-order valence-electron chi connectivity index (χ4n) is 3.22. The molecule has 33 heavy (non-hydrogen) atoms. The SMILES string of the molecule is CC(C)CNS(=O)(=O)c1ccc(CCC(=O)NCCNc2ccnc3cc(Cl)ccc23)cc1. The Kier molecular flexibility index (Phi) is 8.66. The molecule has 1 heterocycles. The van der Waals surface area contributed by atoms with Crippen molar-refractivity contribution in [3.8, 4) is 0 Å². The van der Waals surface area contributed by atoms with Crippen LogP contribution >= 0.6 is 11.6 Å². The molecule has 0 saturated carbocycles. The van der Waals surface area contributed by atoms with E-state index in [9.17, 15) is 13.2 Å². The van der Waals surface area contributed by atoms with Crippen LogP contribution in [0.1, 0.15) is 25.8 Å². The minimum atomic E-state index is -3.50. The standard InChI is InChI=1S/C24H29ClN4O3S/c1-17(2)16-29-33(31,32)20-7-3-18(4-8-20)5-10-24(30)28-14-13-27-22-11-12-26-23-15-19(25)6-9-21(22)23/h3-4,6-9,11-12,15,17,29H,5,10,13-14,16H2,1-2H3,(H,26,27)(H,28,30). The second-order valence-electron chi connectivity index (χ2n) is 8.19. The number of fused-ring (bicyclic) bond motifs is 1. The molecule has 0 aliphatic carbocycles. The van der Waals surface area contributed by atoms with Crippen molar-refractivity contribution in [2.24, 2.45) is 5.92 Å². The molecule has 0 aliphatic heterocycles. The van der Waals surface area contributed by atoms with Crippen molar-refractivity contribution in [3.63, 3.8) is 0 Å². The van der Waals surface area contributed by atoms with E-state index in [4.69, 9.17) is 11.6 Å². The molecule has 0 fully saturated rings. The second-order valence-corrected chi connectivity index (χ2v) is 10.4. The van der Waals surface area contributed by atoms with E-state index in [0.29, 0.717) is 37.5 Å². The van der Waals surface area contributed by atoms with Crippen LogP contribution in [0, 0.1) is 5.92 Å². The highest BCUT2D eigenvalue weighted by Gasteiger charge is 2.14. The lowest BCUT2D eigenvalue weighted by Gasteiger charge is -2.11. The predicted octanol–water partition coefficient (Wildman–Crippen LogP) is 3.98. The van der Waals surface area contributed by atoms with E-state index >= 15 is 0 Å². The molecule has 0 saturated heterocycles. The maximum absolute atomic E-state index is 12.3. The number of nitrogens with one attached hydrogen (secondary N) is 3. The van der Waals surface area contributed by atoms with Crippen molar-refractivity contribution >= 4 is 44.1 Å². The zero-order valence-electron chi connectivity index (χ0n) is 18.8. The Morgan fingerprint density at radius 1 is 1.06 bits per heavy atom. The van der Waals surface area contributed by atoms with Gasteiger partial charge in [0, 0.05) is 48.3 Å². The first-order valence-corrected chi connectivity index (χ1v) is 12.7. The van der Waals surface area contributed by atoms with Gasteiger partial charge in [0.2, 0.25) is 15.9 Å². The van der Waals surface area contributed by atoms with Crippen LogP contribution in [0.4, 0.5) is 5.69 Å². The van der Waals surface area contributed by atoms with E-state index in [2.05, 4.69) is 20.3 Å². The number of anilines is 1. The zero-order chi connectivity index (χ0) is 23.8. The predicted molar refractivity (Wildman–Crippen MR) is 133 cm³/mol. The number of rotatable bonds is 11. The van der Waals surface area contributed by atoms with Gasteiger partial charge in [-0.05, 0) is 54.3 Å². The molecule has 3 rings (SSSR count). The third-order valence-electron chi connectivity index (χ3n) is 5.02. The molecule has 0 spiro atoms. The second kappa shape index (κ2) is 11.4. The summed E-state index contributed by atoms with van der Waals surface area (Å²) in [7, 11) is -3.50. The van der Waals surface area contributed by atoms with Crippen LogP contribution in [0.3, 0.4) is 0 Å². The van der Waals surface area contributed by atoms with Crippen molar-refractivity contribution in [1.29, 1.82) is 0 Å². The van der Waals surface area contributed by atoms with E-state index in [1.54, 1.807) is 30.5 Å². The van der Waals surface area contributed by atoms with Crippen molar-refractivity contribution in [2.75, 3.05) is 25.0 Å². The van der Waals surface area contributed by atoms with Crippen LogP contribution in [-0.4, -0.2) is 38.9 Å². The number of sulfonamides is 1. The number of pyridine rings is 1. The topological polar surface area (TPSA) is 100 Å². The molecule has 7 nitrogen and oxygen atoms in total. The van der Waals surface area contributed by atoms with Gasteiger partial charge in [-0.15, -0.1) is 0 Å². The third kappa shape index (κ3) is 7.42. The maximum atomic E-state index is 12.3. The molecule has 0 atom stereocenters. The highest BCUT2D eigenvalue weighted by molar-refractivity contribution is 7.89. The molecule has 0 bridgehead atoms. The lowest BCUT2D eigenvalue weighted by molar-refractivity contribution is -0.120. The van der Waals surface area contributed by atoms with E-state index in [1.807, 2.05) is 38.1 Å². The van der Waals surface area contributed by atoms with Gasteiger partial charge < -0.3 is 10.6 Å². The Balaban J connectivity index is 1.42. The van der Waals surface area contributed by atoms with Crippen molar-refractivity contribution < 1.29 is 13.2 Å². The van der Waals surface area contributed by atoms with Crippen molar-refractivity contribution in [3.05, 3.63) is 65.3 Å². The third-order valence-corrected chi connectivity index (χ3v) is 6.70. The lowest BCUT2D eigenvalue weighted by Crippen LogP contribution is -2.29. The lowest BCUT2D eigenvalue weighted by atomic mass is 10.1. The van der Waals surface area contributed by atoms with Crippen LogP contribution in [0.25, 0.3) is 10.9 Å². The summed E-state index contributed by atoms with van der Waals surface area (Å²) < 4.78 is 27.1. The summed E-state index contributed by atoms with van der Waals surface area (Å²) in [6.07, 6.45) is 2.58. The number of halogens is 1. The Bertz CT molecular complexity index is 1200. The Hall–Kier alpha value is -2.68. The smallest absolute Gasteiger partial charge is 0.240 e. The number of hydrogen-bond donors (Lipinski definition) is 3. The number of carbonyl (C=O) groups excluding carboxylic acids is 1. The fourth-order valence-corrected chi connectivity index (χ4v) is 4.60. The molecule has 176 valence electrons. The number of nitrogens with zero attached hydrogens (tertiary/aromatic N) is 1. The summed E-state index contributed by atoms with van der Waals surface area (Å²) in [4.78, 5) is 16.7. The summed E-state index contributed by atoms with van der Waals surface area (Å²) in [5.74, 6) is 0.175. The van der Waals surface area contributed by atoms with Gasteiger partial charge in [-0.2, -0.15) is 0 Å². The van der Waals surface area contributed by atoms with Gasteiger partial charge in [0.1, 0.15) is 0 Å². The van der Waals surface area contributed by atoms with Crippen molar-refractivity contribution in [1.82, 2.24) is 15.0 Å². The fraction of sp³-hybridized carbons (Fsp3) is 0.333. The molecule has 1 amide bonds. The van der Waals surface area contributed by atoms with Crippen LogP contribution in [0.15, 0.2) is 59.6 Å². The summed E-state index contributed by atoms with van der Waals surface area (Å²) in [6, 6.07) is 14.1. The molecule has 1 aromatic heterocycles. The number of aryl methyl sites for hydroxylation is 1. The van der Waals surface area contributed by atoms with Crippen molar-refractivity contribution in [2.45, 2.75) is 31.6 Å². The van der Waals surface area contributed by atoms with Crippen LogP contribution in [-0.2, 0) is 21.2 Å².